The lowest BCUT2D eigenvalue weighted by Gasteiger charge is -2.33. The van der Waals surface area contributed by atoms with Crippen LogP contribution in [0.3, 0.4) is 0 Å². The molecule has 148 valence electrons. The van der Waals surface area contributed by atoms with Crippen molar-refractivity contribution >= 4 is 17.6 Å². The van der Waals surface area contributed by atoms with Crippen LogP contribution >= 0.6 is 0 Å². The van der Waals surface area contributed by atoms with Crippen molar-refractivity contribution in [1.82, 2.24) is 10.2 Å². The third-order valence-electron chi connectivity index (χ3n) is 5.62. The maximum Gasteiger partial charge on any atom is 0.321 e. The van der Waals surface area contributed by atoms with Crippen molar-refractivity contribution in [3.63, 3.8) is 0 Å². The van der Waals surface area contributed by atoms with E-state index in [0.717, 1.165) is 36.9 Å². The zero-order valence-electron chi connectivity index (χ0n) is 16.2. The molecule has 2 aliphatic rings. The Labute approximate surface area is 161 Å². The summed E-state index contributed by atoms with van der Waals surface area (Å²) in [4.78, 5) is 26.7. The quantitative estimate of drug-likeness (QED) is 0.829. The molecule has 3 rings (SSSR count). The molecule has 0 radical (unpaired) electrons. The number of urea groups is 1. The van der Waals surface area contributed by atoms with E-state index in [-0.39, 0.29) is 23.9 Å². The molecule has 27 heavy (non-hydrogen) atoms. The van der Waals surface area contributed by atoms with Crippen molar-refractivity contribution in [1.29, 1.82) is 0 Å². The van der Waals surface area contributed by atoms with E-state index in [9.17, 15) is 9.59 Å². The highest BCUT2D eigenvalue weighted by atomic mass is 16.5. The highest BCUT2D eigenvalue weighted by Gasteiger charge is 2.27. The summed E-state index contributed by atoms with van der Waals surface area (Å²) >= 11 is 0. The van der Waals surface area contributed by atoms with E-state index < -0.39 is 0 Å². The smallest absolute Gasteiger partial charge is 0.321 e. The largest absolute Gasteiger partial charge is 0.380 e. The Bertz CT molecular complexity index is 618. The van der Waals surface area contributed by atoms with Crippen LogP contribution in [0.5, 0.6) is 0 Å². The van der Waals surface area contributed by atoms with Crippen LogP contribution in [0, 0.1) is 5.92 Å². The molecule has 0 aromatic heterocycles. The van der Waals surface area contributed by atoms with Crippen molar-refractivity contribution < 1.29 is 14.3 Å². The molecule has 0 bridgehead atoms. The van der Waals surface area contributed by atoms with Crippen LogP contribution in [0.15, 0.2) is 24.3 Å². The van der Waals surface area contributed by atoms with E-state index >= 15 is 0 Å². The van der Waals surface area contributed by atoms with Crippen molar-refractivity contribution in [2.45, 2.75) is 57.6 Å². The number of piperidine rings is 1. The minimum absolute atomic E-state index is 0.0773. The summed E-state index contributed by atoms with van der Waals surface area (Å²) in [5, 5.41) is 6.15. The van der Waals surface area contributed by atoms with E-state index in [0.29, 0.717) is 19.7 Å². The SMILES string of the molecule is COCc1ccc(NC(=O)N2CCC(NC(=O)C3CCCCC3)CC2)cc1. The molecule has 1 aliphatic heterocycles. The normalized spacial score (nSPS) is 18.9. The van der Waals surface area contributed by atoms with Gasteiger partial charge in [-0.25, -0.2) is 4.79 Å². The number of ether oxygens (including phenoxy) is 1. The standard InChI is InChI=1S/C21H31N3O3/c1-27-15-16-7-9-18(10-8-16)23-21(26)24-13-11-19(12-14-24)22-20(25)17-5-3-2-4-6-17/h7-10,17,19H,2-6,11-15H2,1H3,(H,22,25)(H,23,26). The summed E-state index contributed by atoms with van der Waals surface area (Å²) in [6, 6.07) is 7.80. The Morgan fingerprint density at radius 1 is 1.04 bits per heavy atom. The summed E-state index contributed by atoms with van der Waals surface area (Å²) in [6.07, 6.45) is 7.28. The number of likely N-dealkylation sites (tertiary alicyclic amines) is 1. The molecule has 1 heterocycles. The number of rotatable bonds is 5. The molecular formula is C21H31N3O3. The second kappa shape index (κ2) is 9.74. The van der Waals surface area contributed by atoms with E-state index in [2.05, 4.69) is 10.6 Å². The number of anilines is 1. The first-order valence-electron chi connectivity index (χ1n) is 10.1. The number of carbonyl (C=O) groups is 2. The van der Waals surface area contributed by atoms with Crippen LogP contribution < -0.4 is 10.6 Å². The van der Waals surface area contributed by atoms with E-state index in [1.54, 1.807) is 7.11 Å². The maximum absolute atomic E-state index is 12.5. The lowest BCUT2D eigenvalue weighted by molar-refractivity contribution is -0.126. The number of nitrogens with one attached hydrogen (secondary N) is 2. The van der Waals surface area contributed by atoms with Crippen LogP contribution in [0.25, 0.3) is 0 Å². The first-order valence-corrected chi connectivity index (χ1v) is 10.1. The average Bonchev–Trinajstić information content (AvgIpc) is 2.71. The van der Waals surface area contributed by atoms with Gasteiger partial charge in [0.2, 0.25) is 5.91 Å². The Kier molecular flexibility index (Phi) is 7.10. The van der Waals surface area contributed by atoms with E-state index in [1.165, 1.54) is 19.3 Å². The summed E-state index contributed by atoms with van der Waals surface area (Å²) in [6.45, 7) is 1.90. The Morgan fingerprint density at radius 3 is 2.33 bits per heavy atom. The Morgan fingerprint density at radius 2 is 1.70 bits per heavy atom. The van der Waals surface area contributed by atoms with Crippen LogP contribution in [0.4, 0.5) is 10.5 Å². The highest BCUT2D eigenvalue weighted by molar-refractivity contribution is 5.89. The molecule has 0 unspecified atom stereocenters. The molecule has 0 spiro atoms. The van der Waals surface area contributed by atoms with Gasteiger partial charge < -0.3 is 20.3 Å². The lowest BCUT2D eigenvalue weighted by Crippen LogP contribution is -2.49. The molecule has 1 saturated heterocycles. The zero-order chi connectivity index (χ0) is 19.1. The Hall–Kier alpha value is -2.08. The summed E-state index contributed by atoms with van der Waals surface area (Å²) < 4.78 is 5.09. The monoisotopic (exact) mass is 373 g/mol. The number of hydrogen-bond donors (Lipinski definition) is 2. The molecule has 1 aliphatic carbocycles. The van der Waals surface area contributed by atoms with Gasteiger partial charge in [-0.15, -0.1) is 0 Å². The van der Waals surface area contributed by atoms with Crippen molar-refractivity contribution in [3.8, 4) is 0 Å². The molecule has 2 N–H and O–H groups in total. The molecule has 0 atom stereocenters. The summed E-state index contributed by atoms with van der Waals surface area (Å²) in [5.41, 5.74) is 1.86. The fraction of sp³-hybridized carbons (Fsp3) is 0.619. The minimum atomic E-state index is -0.0773. The highest BCUT2D eigenvalue weighted by Crippen LogP contribution is 2.24. The van der Waals surface area contributed by atoms with E-state index in [4.69, 9.17) is 4.74 Å². The van der Waals surface area contributed by atoms with Gasteiger partial charge in [0.25, 0.3) is 0 Å². The second-order valence-corrected chi connectivity index (χ2v) is 7.66. The molecule has 6 heteroatoms. The molecule has 1 aromatic carbocycles. The summed E-state index contributed by atoms with van der Waals surface area (Å²) in [5.74, 6) is 0.412. The number of hydrogen-bond acceptors (Lipinski definition) is 3. The Balaban J connectivity index is 1.41. The van der Waals surface area contributed by atoms with Crippen LogP contribution in [0.1, 0.15) is 50.5 Å². The second-order valence-electron chi connectivity index (χ2n) is 7.66. The molecule has 3 amide bonds. The number of methoxy groups -OCH3 is 1. The third-order valence-corrected chi connectivity index (χ3v) is 5.62. The predicted molar refractivity (Wildman–Crippen MR) is 105 cm³/mol. The molecular weight excluding hydrogens is 342 g/mol. The maximum atomic E-state index is 12.5. The van der Waals surface area contributed by atoms with Gasteiger partial charge >= 0.3 is 6.03 Å². The van der Waals surface area contributed by atoms with E-state index in [1.807, 2.05) is 29.2 Å². The predicted octanol–water partition coefficient (Wildman–Crippen LogP) is 3.53. The first kappa shape index (κ1) is 19.7. The number of nitrogens with zero attached hydrogens (tertiary/aromatic N) is 1. The van der Waals surface area contributed by atoms with Crippen LogP contribution in [0.2, 0.25) is 0 Å². The number of carbonyl (C=O) groups excluding carboxylic acids is 2. The van der Waals surface area contributed by atoms with Gasteiger partial charge in [-0.3, -0.25) is 4.79 Å². The van der Waals surface area contributed by atoms with Gasteiger partial charge in [0.1, 0.15) is 0 Å². The van der Waals surface area contributed by atoms with Gasteiger partial charge in [-0.2, -0.15) is 0 Å². The molecule has 2 fully saturated rings. The van der Waals surface area contributed by atoms with Crippen molar-refractivity contribution in [2.24, 2.45) is 5.92 Å². The van der Waals surface area contributed by atoms with Gasteiger partial charge in [-0.05, 0) is 43.4 Å². The van der Waals surface area contributed by atoms with Gasteiger partial charge in [0.15, 0.2) is 0 Å². The topological polar surface area (TPSA) is 70.7 Å². The fourth-order valence-electron chi connectivity index (χ4n) is 3.96. The van der Waals surface area contributed by atoms with Gasteiger partial charge in [0.05, 0.1) is 6.61 Å². The molecule has 6 nitrogen and oxygen atoms in total. The van der Waals surface area contributed by atoms with Gasteiger partial charge in [-0.1, -0.05) is 31.4 Å². The third kappa shape index (κ3) is 5.70. The number of amides is 3. The van der Waals surface area contributed by atoms with Crippen LogP contribution in [-0.4, -0.2) is 43.1 Å². The van der Waals surface area contributed by atoms with Crippen molar-refractivity contribution in [2.75, 3.05) is 25.5 Å². The molecule has 1 saturated carbocycles. The fourth-order valence-corrected chi connectivity index (χ4v) is 3.96. The first-order chi connectivity index (χ1) is 13.2. The van der Waals surface area contributed by atoms with Crippen LogP contribution in [-0.2, 0) is 16.1 Å². The van der Waals surface area contributed by atoms with Crippen molar-refractivity contribution in [3.05, 3.63) is 29.8 Å². The lowest BCUT2D eigenvalue weighted by atomic mass is 9.88. The molecule has 1 aromatic rings. The average molecular weight is 373 g/mol. The summed E-state index contributed by atoms with van der Waals surface area (Å²) in [7, 11) is 1.66. The minimum Gasteiger partial charge on any atom is -0.380 e. The number of benzene rings is 1. The zero-order valence-corrected chi connectivity index (χ0v) is 16.2. The van der Waals surface area contributed by atoms with Gasteiger partial charge in [0, 0.05) is 37.8 Å².